The summed E-state index contributed by atoms with van der Waals surface area (Å²) in [5, 5.41) is 0. The number of benzene rings is 1. The molecule has 0 N–H and O–H groups in total. The van der Waals surface area contributed by atoms with E-state index < -0.39 is 11.7 Å². The summed E-state index contributed by atoms with van der Waals surface area (Å²) in [5.74, 6) is 2.39. The predicted molar refractivity (Wildman–Crippen MR) is 87.3 cm³/mol. The highest BCUT2D eigenvalue weighted by Gasteiger charge is 2.33. The molecule has 1 atom stereocenters. The topological polar surface area (TPSA) is 0 Å². The first-order chi connectivity index (χ1) is 11.0. The quantitative estimate of drug-likeness (QED) is 0.602. The van der Waals surface area contributed by atoms with E-state index in [1.54, 1.807) is 6.07 Å². The average Bonchev–Trinajstić information content (AvgIpc) is 2.54. The molecule has 23 heavy (non-hydrogen) atoms. The third kappa shape index (κ3) is 3.92. The maximum Gasteiger partial charge on any atom is 0.416 e. The van der Waals surface area contributed by atoms with Crippen molar-refractivity contribution in [3.8, 4) is 0 Å². The van der Waals surface area contributed by atoms with Crippen LogP contribution in [-0.2, 0) is 19.0 Å². The van der Waals surface area contributed by atoms with Crippen molar-refractivity contribution in [1.29, 1.82) is 0 Å². The Kier molecular flexibility index (Phi) is 5.03. The molecule has 0 heterocycles. The van der Waals surface area contributed by atoms with Gasteiger partial charge in [0.05, 0.1) is 5.56 Å². The Balaban J connectivity index is 1.63. The van der Waals surface area contributed by atoms with Crippen molar-refractivity contribution in [1.82, 2.24) is 0 Å². The third-order valence-electron chi connectivity index (χ3n) is 6.06. The van der Waals surface area contributed by atoms with Crippen LogP contribution in [0.15, 0.2) is 18.2 Å². The summed E-state index contributed by atoms with van der Waals surface area (Å²) in [5.41, 5.74) is 1.59. The molecule has 2 aliphatic carbocycles. The van der Waals surface area contributed by atoms with Gasteiger partial charge in [-0.1, -0.05) is 38.7 Å². The van der Waals surface area contributed by atoms with Gasteiger partial charge in [0.2, 0.25) is 0 Å². The van der Waals surface area contributed by atoms with E-state index in [9.17, 15) is 13.2 Å². The number of hydrogen-bond donors (Lipinski definition) is 0. The zero-order chi connectivity index (χ0) is 16.4. The van der Waals surface area contributed by atoms with Gasteiger partial charge in [0, 0.05) is 0 Å². The number of rotatable bonds is 3. The minimum atomic E-state index is -4.22. The van der Waals surface area contributed by atoms with Crippen molar-refractivity contribution < 1.29 is 13.2 Å². The van der Waals surface area contributed by atoms with Gasteiger partial charge >= 0.3 is 6.18 Å². The molecule has 0 radical (unpaired) electrons. The molecule has 2 aliphatic rings. The Bertz CT molecular complexity index is 524. The van der Waals surface area contributed by atoms with Gasteiger partial charge in [0.1, 0.15) is 0 Å². The average molecular weight is 324 g/mol. The van der Waals surface area contributed by atoms with E-state index >= 15 is 0 Å². The maximum absolute atomic E-state index is 12.8. The fourth-order valence-electron chi connectivity index (χ4n) is 4.72. The molecule has 1 saturated carbocycles. The standard InChI is InChI=1S/C20H27F3/c1-2-3-14-4-6-15(7-5-14)16-8-9-18-13-19(20(21,22)23)11-10-17(18)12-16/h10-11,13-16H,2-9,12H2,1H3. The first-order valence-corrected chi connectivity index (χ1v) is 9.16. The third-order valence-corrected chi connectivity index (χ3v) is 6.06. The number of alkyl halides is 3. The van der Waals surface area contributed by atoms with Crippen molar-refractivity contribution >= 4 is 0 Å². The van der Waals surface area contributed by atoms with Crippen LogP contribution >= 0.6 is 0 Å². The number of aryl methyl sites for hydroxylation is 1. The van der Waals surface area contributed by atoms with E-state index in [2.05, 4.69) is 6.92 Å². The molecule has 0 aromatic heterocycles. The second kappa shape index (κ2) is 6.86. The lowest BCUT2D eigenvalue weighted by atomic mass is 9.69. The molecule has 3 heteroatoms. The highest BCUT2D eigenvalue weighted by atomic mass is 19.4. The van der Waals surface area contributed by atoms with E-state index in [0.717, 1.165) is 42.2 Å². The first-order valence-electron chi connectivity index (χ1n) is 9.16. The zero-order valence-corrected chi connectivity index (χ0v) is 14.0. The second-order valence-corrected chi connectivity index (χ2v) is 7.55. The van der Waals surface area contributed by atoms with Crippen LogP contribution in [0.3, 0.4) is 0 Å². The normalized spacial score (nSPS) is 28.4. The van der Waals surface area contributed by atoms with Crippen LogP contribution in [0.2, 0.25) is 0 Å². The minimum Gasteiger partial charge on any atom is -0.166 e. The fourth-order valence-corrected chi connectivity index (χ4v) is 4.72. The highest BCUT2D eigenvalue weighted by molar-refractivity contribution is 5.35. The smallest absolute Gasteiger partial charge is 0.166 e. The molecule has 1 aromatic carbocycles. The van der Waals surface area contributed by atoms with E-state index in [1.807, 2.05) is 0 Å². The van der Waals surface area contributed by atoms with Crippen molar-refractivity contribution in [3.63, 3.8) is 0 Å². The van der Waals surface area contributed by atoms with Gasteiger partial charge in [-0.05, 0) is 73.1 Å². The molecule has 0 nitrogen and oxygen atoms in total. The second-order valence-electron chi connectivity index (χ2n) is 7.55. The summed E-state index contributed by atoms with van der Waals surface area (Å²) >= 11 is 0. The SMILES string of the molecule is CCCC1CCC(C2CCc3cc(C(F)(F)F)ccc3C2)CC1. The molecule has 3 rings (SSSR count). The van der Waals surface area contributed by atoms with Gasteiger partial charge in [0.25, 0.3) is 0 Å². The lowest BCUT2D eigenvalue weighted by Crippen LogP contribution is -2.26. The van der Waals surface area contributed by atoms with Crippen LogP contribution in [0.4, 0.5) is 13.2 Å². The largest absolute Gasteiger partial charge is 0.416 e. The molecule has 128 valence electrons. The lowest BCUT2D eigenvalue weighted by Gasteiger charge is -2.36. The molecule has 1 aromatic rings. The Hall–Kier alpha value is -0.990. The Morgan fingerprint density at radius 2 is 1.70 bits per heavy atom. The monoisotopic (exact) mass is 324 g/mol. The van der Waals surface area contributed by atoms with E-state index in [-0.39, 0.29) is 0 Å². The molecule has 0 aliphatic heterocycles. The van der Waals surface area contributed by atoms with Gasteiger partial charge in [-0.3, -0.25) is 0 Å². The van der Waals surface area contributed by atoms with E-state index in [4.69, 9.17) is 0 Å². The molecule has 1 unspecified atom stereocenters. The Morgan fingerprint density at radius 3 is 2.35 bits per heavy atom. The van der Waals surface area contributed by atoms with E-state index in [0.29, 0.717) is 5.92 Å². The van der Waals surface area contributed by atoms with Crippen LogP contribution < -0.4 is 0 Å². The molecule has 0 bridgehead atoms. The highest BCUT2D eigenvalue weighted by Crippen LogP contribution is 2.41. The van der Waals surface area contributed by atoms with Gasteiger partial charge in [-0.25, -0.2) is 0 Å². The fraction of sp³-hybridized carbons (Fsp3) is 0.700. The van der Waals surface area contributed by atoms with Crippen LogP contribution in [0.5, 0.6) is 0 Å². The molecule has 0 amide bonds. The summed E-state index contributed by atoms with van der Waals surface area (Å²) in [4.78, 5) is 0. The van der Waals surface area contributed by atoms with Crippen molar-refractivity contribution in [2.75, 3.05) is 0 Å². The number of fused-ring (bicyclic) bond motifs is 1. The van der Waals surface area contributed by atoms with Crippen molar-refractivity contribution in [2.24, 2.45) is 17.8 Å². The van der Waals surface area contributed by atoms with Gasteiger partial charge < -0.3 is 0 Å². The molecule has 0 spiro atoms. The van der Waals surface area contributed by atoms with Gasteiger partial charge in [0.15, 0.2) is 0 Å². The van der Waals surface area contributed by atoms with E-state index in [1.165, 1.54) is 50.7 Å². The number of halogens is 3. The lowest BCUT2D eigenvalue weighted by molar-refractivity contribution is -0.137. The minimum absolute atomic E-state index is 0.491. The summed E-state index contributed by atoms with van der Waals surface area (Å²) in [6.07, 6.45) is 6.66. The summed E-state index contributed by atoms with van der Waals surface area (Å²) in [6.45, 7) is 2.26. The summed E-state index contributed by atoms with van der Waals surface area (Å²) in [6, 6.07) is 4.37. The molecular formula is C20H27F3. The molecule has 1 fully saturated rings. The van der Waals surface area contributed by atoms with Crippen molar-refractivity contribution in [2.45, 2.75) is 70.9 Å². The predicted octanol–water partition coefficient (Wildman–Crippen LogP) is 6.42. The van der Waals surface area contributed by atoms with Gasteiger partial charge in [-0.15, -0.1) is 0 Å². The van der Waals surface area contributed by atoms with Crippen LogP contribution in [0, 0.1) is 17.8 Å². The summed E-state index contributed by atoms with van der Waals surface area (Å²) < 4.78 is 38.5. The Morgan fingerprint density at radius 1 is 0.957 bits per heavy atom. The number of hydrogen-bond acceptors (Lipinski definition) is 0. The van der Waals surface area contributed by atoms with Crippen molar-refractivity contribution in [3.05, 3.63) is 34.9 Å². The van der Waals surface area contributed by atoms with Crippen LogP contribution in [0.1, 0.15) is 68.6 Å². The molecular weight excluding hydrogens is 297 g/mol. The van der Waals surface area contributed by atoms with Crippen LogP contribution in [0.25, 0.3) is 0 Å². The summed E-state index contributed by atoms with van der Waals surface area (Å²) in [7, 11) is 0. The zero-order valence-electron chi connectivity index (χ0n) is 14.0. The maximum atomic E-state index is 12.8. The van der Waals surface area contributed by atoms with Crippen LogP contribution in [-0.4, -0.2) is 0 Å². The van der Waals surface area contributed by atoms with Gasteiger partial charge in [-0.2, -0.15) is 13.2 Å². The first kappa shape index (κ1) is 16.9. The Labute approximate surface area is 137 Å². The molecule has 0 saturated heterocycles.